The second-order valence-electron chi connectivity index (χ2n) is 7.15. The highest BCUT2D eigenvalue weighted by molar-refractivity contribution is 5.73. The number of rotatable bonds is 5. The number of carboxylic acids is 1. The second-order valence-corrected chi connectivity index (χ2v) is 7.15. The molecular weight excluding hydrogens is 463 g/mol. The first kappa shape index (κ1) is 24.4. The lowest BCUT2D eigenvalue weighted by Gasteiger charge is -2.44. The highest BCUT2D eigenvalue weighted by Crippen LogP contribution is 2.59. The van der Waals surface area contributed by atoms with Crippen LogP contribution in [0, 0.1) is 0 Å². The molecule has 0 saturated heterocycles. The van der Waals surface area contributed by atoms with Gasteiger partial charge in [-0.15, -0.1) is 10.2 Å². The van der Waals surface area contributed by atoms with Crippen LogP contribution >= 0.6 is 0 Å². The molecule has 3 aromatic rings. The lowest BCUT2D eigenvalue weighted by atomic mass is 9.72. The molecule has 2 N–H and O–H groups in total. The van der Waals surface area contributed by atoms with Gasteiger partial charge < -0.3 is 10.4 Å². The number of fused-ring (bicyclic) bond motifs is 1. The number of alkyl halides is 7. The van der Waals surface area contributed by atoms with Gasteiger partial charge in [0.2, 0.25) is 0 Å². The summed E-state index contributed by atoms with van der Waals surface area (Å²) in [4.78, 5) is 8.90. The number of carbonyl (C=O) groups is 1. The number of halogens is 7. The van der Waals surface area contributed by atoms with Gasteiger partial charge in [-0.25, -0.2) is 4.79 Å². The molecule has 1 saturated carbocycles. The maximum absolute atomic E-state index is 13.6. The largest absolute Gasteiger partial charge is 0.490 e. The lowest BCUT2D eigenvalue weighted by Crippen LogP contribution is -2.57. The van der Waals surface area contributed by atoms with Gasteiger partial charge >= 0.3 is 24.0 Å². The predicted octanol–water partition coefficient (Wildman–Crippen LogP) is 3.81. The molecule has 1 atom stereocenters. The number of hydrogen-bond acceptors (Lipinski definition) is 5. The minimum Gasteiger partial charge on any atom is -0.475 e. The summed E-state index contributed by atoms with van der Waals surface area (Å²) in [6, 6.07) is 9.90. The van der Waals surface area contributed by atoms with Crippen LogP contribution in [0.5, 0.6) is 0 Å². The number of nitrogens with zero attached hydrogens (tertiary/aromatic N) is 4. The van der Waals surface area contributed by atoms with Gasteiger partial charge in [0.1, 0.15) is 0 Å². The molecule has 178 valence electrons. The Morgan fingerprint density at radius 1 is 1.12 bits per heavy atom. The molecule has 14 heteroatoms. The van der Waals surface area contributed by atoms with Crippen LogP contribution in [-0.2, 0) is 17.9 Å². The van der Waals surface area contributed by atoms with Crippen molar-refractivity contribution < 1.29 is 40.6 Å². The van der Waals surface area contributed by atoms with Crippen molar-refractivity contribution in [3.8, 4) is 0 Å². The van der Waals surface area contributed by atoms with Crippen molar-refractivity contribution >= 4 is 11.6 Å². The summed E-state index contributed by atoms with van der Waals surface area (Å²) in [5, 5.41) is 22.4. The highest BCUT2D eigenvalue weighted by atomic mass is 19.4. The SMILES string of the molecule is FC1(F)CC(c2cccc(CNCc3nnc4cccnn34)c2)C1(F)F.O=C(O)C(F)(F)F. The van der Waals surface area contributed by atoms with Crippen LogP contribution in [0.2, 0.25) is 0 Å². The molecule has 33 heavy (non-hydrogen) atoms. The maximum Gasteiger partial charge on any atom is 0.490 e. The summed E-state index contributed by atoms with van der Waals surface area (Å²) in [6.45, 7) is 0.754. The summed E-state index contributed by atoms with van der Waals surface area (Å²) in [5.41, 5.74) is 1.59. The zero-order valence-electron chi connectivity index (χ0n) is 16.5. The van der Waals surface area contributed by atoms with Gasteiger partial charge in [0.25, 0.3) is 0 Å². The predicted molar refractivity (Wildman–Crippen MR) is 98.7 cm³/mol. The minimum absolute atomic E-state index is 0.231. The Bertz CT molecular complexity index is 1130. The van der Waals surface area contributed by atoms with Gasteiger partial charge in [-0.3, -0.25) is 0 Å². The van der Waals surface area contributed by atoms with Crippen LogP contribution in [0.3, 0.4) is 0 Å². The summed E-state index contributed by atoms with van der Waals surface area (Å²) in [7, 11) is 0. The van der Waals surface area contributed by atoms with Crippen molar-refractivity contribution in [2.24, 2.45) is 0 Å². The van der Waals surface area contributed by atoms with Gasteiger partial charge in [-0.05, 0) is 23.3 Å². The number of hydrogen-bond donors (Lipinski definition) is 2. The fourth-order valence-corrected chi connectivity index (χ4v) is 3.11. The van der Waals surface area contributed by atoms with Gasteiger partial charge in [-0.1, -0.05) is 24.3 Å². The Morgan fingerprint density at radius 3 is 2.42 bits per heavy atom. The molecule has 1 fully saturated rings. The van der Waals surface area contributed by atoms with E-state index >= 15 is 0 Å². The topological polar surface area (TPSA) is 92.4 Å². The van der Waals surface area contributed by atoms with Gasteiger partial charge in [0.15, 0.2) is 11.5 Å². The van der Waals surface area contributed by atoms with Crippen LogP contribution in [-0.4, -0.2) is 48.9 Å². The van der Waals surface area contributed by atoms with E-state index in [1.807, 2.05) is 0 Å². The molecule has 4 rings (SSSR count). The summed E-state index contributed by atoms with van der Waals surface area (Å²) < 4.78 is 86.6. The minimum atomic E-state index is -5.08. The third-order valence-corrected chi connectivity index (χ3v) is 4.84. The summed E-state index contributed by atoms with van der Waals surface area (Å²) in [6.07, 6.45) is -4.29. The van der Waals surface area contributed by atoms with E-state index in [-0.39, 0.29) is 5.56 Å². The smallest absolute Gasteiger partial charge is 0.475 e. The Kier molecular flexibility index (Phi) is 6.58. The van der Waals surface area contributed by atoms with E-state index < -0.39 is 36.3 Å². The van der Waals surface area contributed by atoms with Crippen molar-refractivity contribution in [1.29, 1.82) is 0 Å². The monoisotopic (exact) mass is 479 g/mol. The molecule has 0 spiro atoms. The molecule has 1 aromatic carbocycles. The lowest BCUT2D eigenvalue weighted by molar-refractivity contribution is -0.290. The van der Waals surface area contributed by atoms with Crippen molar-refractivity contribution in [1.82, 2.24) is 25.1 Å². The van der Waals surface area contributed by atoms with Crippen LogP contribution in [0.1, 0.15) is 29.3 Å². The van der Waals surface area contributed by atoms with E-state index in [9.17, 15) is 30.7 Å². The molecule has 2 heterocycles. The number of benzene rings is 1. The number of aromatic nitrogens is 4. The van der Waals surface area contributed by atoms with E-state index in [0.29, 0.717) is 24.6 Å². The third-order valence-electron chi connectivity index (χ3n) is 4.84. The number of carboxylic acid groups (broad SMARTS) is 1. The average molecular weight is 479 g/mol. The Labute approximate surface area is 181 Å². The van der Waals surface area contributed by atoms with Crippen LogP contribution in [0.25, 0.3) is 5.65 Å². The van der Waals surface area contributed by atoms with Gasteiger partial charge in [0, 0.05) is 19.2 Å². The van der Waals surface area contributed by atoms with Crippen LogP contribution in [0.15, 0.2) is 42.6 Å². The first-order valence-electron chi connectivity index (χ1n) is 9.33. The highest BCUT2D eigenvalue weighted by Gasteiger charge is 2.71. The third kappa shape index (κ3) is 5.21. The van der Waals surface area contributed by atoms with Crippen molar-refractivity contribution in [2.45, 2.75) is 43.4 Å². The molecule has 0 bridgehead atoms. The summed E-state index contributed by atoms with van der Waals surface area (Å²) >= 11 is 0. The second kappa shape index (κ2) is 8.92. The zero-order chi connectivity index (χ0) is 24.4. The first-order valence-corrected chi connectivity index (χ1v) is 9.33. The zero-order valence-corrected chi connectivity index (χ0v) is 16.5. The molecule has 7 nitrogen and oxygen atoms in total. The standard InChI is InChI=1S/C17H15F4N5.C2HF3O2/c18-16(19)8-13(17(16,20)21)12-4-1-3-11(7-12)9-22-10-15-25-24-14-5-2-6-23-26(14)15;3-2(4,5)1(6)7/h1-7,13,22H,8-10H2;(H,6,7). The fourth-order valence-electron chi connectivity index (χ4n) is 3.11. The fraction of sp³-hybridized carbons (Fsp3) is 0.368. The van der Waals surface area contributed by atoms with Crippen molar-refractivity contribution in [2.75, 3.05) is 0 Å². The summed E-state index contributed by atoms with van der Waals surface area (Å²) in [5.74, 6) is -11.5. The Morgan fingerprint density at radius 2 is 1.82 bits per heavy atom. The van der Waals surface area contributed by atoms with E-state index in [2.05, 4.69) is 20.6 Å². The molecule has 1 aliphatic rings. The van der Waals surface area contributed by atoms with E-state index in [1.165, 1.54) is 6.07 Å². The van der Waals surface area contributed by atoms with Crippen molar-refractivity contribution in [3.63, 3.8) is 0 Å². The van der Waals surface area contributed by atoms with E-state index in [1.54, 1.807) is 41.0 Å². The number of nitrogens with one attached hydrogen (secondary N) is 1. The van der Waals surface area contributed by atoms with E-state index in [0.717, 1.165) is 5.56 Å². The molecule has 0 radical (unpaired) electrons. The first-order chi connectivity index (χ1) is 15.3. The molecule has 0 amide bonds. The Balaban J connectivity index is 0.000000383. The molecule has 2 aromatic heterocycles. The quantitative estimate of drug-likeness (QED) is 0.541. The Hall–Kier alpha value is -3.29. The van der Waals surface area contributed by atoms with Crippen LogP contribution < -0.4 is 5.32 Å². The van der Waals surface area contributed by atoms with Gasteiger partial charge in [0.05, 0.1) is 12.5 Å². The molecule has 1 aliphatic carbocycles. The molecular formula is C19H16F7N5O2. The molecule has 0 aliphatic heterocycles. The average Bonchev–Trinajstić information content (AvgIpc) is 3.15. The number of aliphatic carboxylic acids is 1. The van der Waals surface area contributed by atoms with E-state index in [4.69, 9.17) is 9.90 Å². The van der Waals surface area contributed by atoms with Crippen LogP contribution in [0.4, 0.5) is 30.7 Å². The molecule has 1 unspecified atom stereocenters. The van der Waals surface area contributed by atoms with Gasteiger partial charge in [-0.2, -0.15) is 40.3 Å². The maximum atomic E-state index is 13.6. The van der Waals surface area contributed by atoms with Crippen molar-refractivity contribution in [3.05, 3.63) is 59.5 Å². The normalized spacial score (nSPS) is 18.8.